The lowest BCUT2D eigenvalue weighted by Crippen LogP contribution is -2.23. The number of aliphatic carboxylic acids is 1. The Balaban J connectivity index is 2.46. The van der Waals surface area contributed by atoms with E-state index in [1.807, 2.05) is 0 Å². The van der Waals surface area contributed by atoms with E-state index in [1.54, 1.807) is 25.3 Å². The van der Waals surface area contributed by atoms with Gasteiger partial charge in [-0.05, 0) is 30.7 Å². The van der Waals surface area contributed by atoms with E-state index in [0.717, 1.165) is 0 Å². The molecule has 0 radical (unpaired) electrons. The van der Waals surface area contributed by atoms with Gasteiger partial charge in [-0.3, -0.25) is 4.79 Å². The normalized spacial score (nSPS) is 11.9. The second kappa shape index (κ2) is 8.39. The molecule has 0 aromatic heterocycles. The molecule has 0 saturated carbocycles. The number of benzene rings is 1. The van der Waals surface area contributed by atoms with Crippen LogP contribution in [0.1, 0.15) is 24.5 Å². The van der Waals surface area contributed by atoms with Gasteiger partial charge in [0.2, 0.25) is 0 Å². The predicted octanol–water partition coefficient (Wildman–Crippen LogP) is 1.19. The van der Waals surface area contributed by atoms with Gasteiger partial charge in [0.1, 0.15) is 0 Å². The van der Waals surface area contributed by atoms with Crippen LogP contribution in [0.3, 0.4) is 0 Å². The summed E-state index contributed by atoms with van der Waals surface area (Å²) < 4.78 is 10.3. The standard InChI is InChI=1S/C14H21NO5/c1-19-12-6-5-10(8-13(12)20-2)11(16)9-15-7-3-4-14(17)18/h5-6,8,11,15-16H,3-4,7,9H2,1-2H3,(H,17,18). The summed E-state index contributed by atoms with van der Waals surface area (Å²) in [6.45, 7) is 0.908. The van der Waals surface area contributed by atoms with Crippen LogP contribution in [-0.4, -0.2) is 43.5 Å². The summed E-state index contributed by atoms with van der Waals surface area (Å²) in [5.74, 6) is 0.361. The van der Waals surface area contributed by atoms with Gasteiger partial charge < -0.3 is 25.0 Å². The molecule has 0 bridgehead atoms. The second-order valence-corrected chi connectivity index (χ2v) is 4.33. The molecule has 0 heterocycles. The first kappa shape index (κ1) is 16.3. The van der Waals surface area contributed by atoms with Crippen molar-refractivity contribution in [2.45, 2.75) is 18.9 Å². The van der Waals surface area contributed by atoms with Crippen LogP contribution in [0.2, 0.25) is 0 Å². The van der Waals surface area contributed by atoms with Crippen LogP contribution in [0.5, 0.6) is 11.5 Å². The maximum atomic E-state index is 10.3. The smallest absolute Gasteiger partial charge is 0.303 e. The molecule has 0 spiro atoms. The van der Waals surface area contributed by atoms with Crippen molar-refractivity contribution in [1.82, 2.24) is 5.32 Å². The first-order valence-corrected chi connectivity index (χ1v) is 6.41. The summed E-state index contributed by atoms with van der Waals surface area (Å²) in [6.07, 6.45) is -0.0207. The molecule has 1 aromatic rings. The van der Waals surface area contributed by atoms with Gasteiger partial charge in [-0.25, -0.2) is 0 Å². The van der Waals surface area contributed by atoms with Crippen molar-refractivity contribution in [3.05, 3.63) is 23.8 Å². The molecule has 0 aliphatic carbocycles. The van der Waals surface area contributed by atoms with Crippen molar-refractivity contribution in [3.63, 3.8) is 0 Å². The lowest BCUT2D eigenvalue weighted by molar-refractivity contribution is -0.137. The fraction of sp³-hybridized carbons (Fsp3) is 0.500. The van der Waals surface area contributed by atoms with Gasteiger partial charge in [0.25, 0.3) is 0 Å². The number of hydrogen-bond acceptors (Lipinski definition) is 5. The minimum atomic E-state index is -0.813. The zero-order chi connectivity index (χ0) is 15.0. The molecule has 1 aromatic carbocycles. The summed E-state index contributed by atoms with van der Waals surface area (Å²) in [7, 11) is 3.09. The fourth-order valence-electron chi connectivity index (χ4n) is 1.78. The largest absolute Gasteiger partial charge is 0.493 e. The quantitative estimate of drug-likeness (QED) is 0.590. The maximum Gasteiger partial charge on any atom is 0.303 e. The van der Waals surface area contributed by atoms with Crippen molar-refractivity contribution in [3.8, 4) is 11.5 Å². The molecule has 112 valence electrons. The van der Waals surface area contributed by atoms with E-state index in [0.29, 0.717) is 36.6 Å². The third kappa shape index (κ3) is 5.07. The average Bonchev–Trinajstić information content (AvgIpc) is 2.45. The Bertz CT molecular complexity index is 436. The van der Waals surface area contributed by atoms with Crippen molar-refractivity contribution in [2.24, 2.45) is 0 Å². The van der Waals surface area contributed by atoms with E-state index >= 15 is 0 Å². The Morgan fingerprint density at radius 1 is 1.30 bits per heavy atom. The van der Waals surface area contributed by atoms with Gasteiger partial charge >= 0.3 is 5.97 Å². The van der Waals surface area contributed by atoms with Crippen molar-refractivity contribution < 1.29 is 24.5 Å². The molecule has 0 saturated heterocycles. The molecule has 6 heteroatoms. The number of aliphatic hydroxyl groups is 1. The number of nitrogens with one attached hydrogen (secondary N) is 1. The van der Waals surface area contributed by atoms with Crippen LogP contribution >= 0.6 is 0 Å². The highest BCUT2D eigenvalue weighted by Gasteiger charge is 2.11. The van der Waals surface area contributed by atoms with E-state index in [4.69, 9.17) is 14.6 Å². The Kier molecular flexibility index (Phi) is 6.83. The number of carbonyl (C=O) groups is 1. The maximum absolute atomic E-state index is 10.3. The lowest BCUT2D eigenvalue weighted by atomic mass is 10.1. The van der Waals surface area contributed by atoms with E-state index in [1.165, 1.54) is 7.11 Å². The molecular weight excluding hydrogens is 262 g/mol. The van der Waals surface area contributed by atoms with Crippen molar-refractivity contribution in [2.75, 3.05) is 27.3 Å². The number of methoxy groups -OCH3 is 2. The molecule has 3 N–H and O–H groups in total. The molecule has 0 aliphatic rings. The first-order chi connectivity index (χ1) is 9.58. The summed E-state index contributed by atoms with van der Waals surface area (Å²) >= 11 is 0. The Labute approximate surface area is 118 Å². The number of carboxylic acid groups (broad SMARTS) is 1. The summed E-state index contributed by atoms with van der Waals surface area (Å²) in [6, 6.07) is 5.23. The molecular formula is C14H21NO5. The summed E-state index contributed by atoms with van der Waals surface area (Å²) in [5, 5.41) is 21.6. The lowest BCUT2D eigenvalue weighted by Gasteiger charge is -2.14. The van der Waals surface area contributed by atoms with Gasteiger partial charge in [0.15, 0.2) is 11.5 Å². The Morgan fingerprint density at radius 3 is 2.60 bits per heavy atom. The van der Waals surface area contributed by atoms with Crippen LogP contribution in [0.15, 0.2) is 18.2 Å². The third-order valence-electron chi connectivity index (χ3n) is 2.87. The van der Waals surface area contributed by atoms with Gasteiger partial charge in [-0.15, -0.1) is 0 Å². The number of aliphatic hydroxyl groups excluding tert-OH is 1. The van der Waals surface area contributed by atoms with Crippen LogP contribution in [-0.2, 0) is 4.79 Å². The number of hydrogen-bond donors (Lipinski definition) is 3. The van der Waals surface area contributed by atoms with E-state index in [-0.39, 0.29) is 6.42 Å². The molecule has 20 heavy (non-hydrogen) atoms. The average molecular weight is 283 g/mol. The SMILES string of the molecule is COc1ccc(C(O)CNCCCC(=O)O)cc1OC. The molecule has 0 aliphatic heterocycles. The topological polar surface area (TPSA) is 88.0 Å². The van der Waals surface area contributed by atoms with Crippen LogP contribution in [0.25, 0.3) is 0 Å². The number of rotatable bonds is 9. The van der Waals surface area contributed by atoms with Crippen LogP contribution < -0.4 is 14.8 Å². The molecule has 1 rings (SSSR count). The predicted molar refractivity (Wildman–Crippen MR) is 74.2 cm³/mol. The first-order valence-electron chi connectivity index (χ1n) is 6.41. The second-order valence-electron chi connectivity index (χ2n) is 4.33. The van der Waals surface area contributed by atoms with Gasteiger partial charge in [-0.1, -0.05) is 6.07 Å². The zero-order valence-corrected chi connectivity index (χ0v) is 11.8. The van der Waals surface area contributed by atoms with E-state index in [9.17, 15) is 9.90 Å². The Hall–Kier alpha value is -1.79. The fourth-order valence-corrected chi connectivity index (χ4v) is 1.78. The molecule has 0 amide bonds. The highest BCUT2D eigenvalue weighted by Crippen LogP contribution is 2.29. The van der Waals surface area contributed by atoms with E-state index in [2.05, 4.69) is 5.32 Å². The Morgan fingerprint density at radius 2 is 2.00 bits per heavy atom. The van der Waals surface area contributed by atoms with Gasteiger partial charge in [0.05, 0.1) is 20.3 Å². The summed E-state index contributed by atoms with van der Waals surface area (Å²) in [5.41, 5.74) is 0.716. The van der Waals surface area contributed by atoms with E-state index < -0.39 is 12.1 Å². The zero-order valence-electron chi connectivity index (χ0n) is 11.8. The monoisotopic (exact) mass is 283 g/mol. The number of ether oxygens (including phenoxy) is 2. The third-order valence-corrected chi connectivity index (χ3v) is 2.87. The molecule has 1 unspecified atom stereocenters. The number of carboxylic acids is 1. The van der Waals surface area contributed by atoms with Gasteiger partial charge in [-0.2, -0.15) is 0 Å². The molecule has 0 fully saturated rings. The van der Waals surface area contributed by atoms with Crippen molar-refractivity contribution in [1.29, 1.82) is 0 Å². The highest BCUT2D eigenvalue weighted by molar-refractivity contribution is 5.66. The minimum Gasteiger partial charge on any atom is -0.493 e. The summed E-state index contributed by atoms with van der Waals surface area (Å²) in [4.78, 5) is 10.3. The molecule has 1 atom stereocenters. The van der Waals surface area contributed by atoms with Crippen molar-refractivity contribution >= 4 is 5.97 Å². The van der Waals surface area contributed by atoms with Crippen LogP contribution in [0, 0.1) is 0 Å². The highest BCUT2D eigenvalue weighted by atomic mass is 16.5. The minimum absolute atomic E-state index is 0.124. The van der Waals surface area contributed by atoms with Gasteiger partial charge in [0, 0.05) is 13.0 Å². The van der Waals surface area contributed by atoms with Crippen LogP contribution in [0.4, 0.5) is 0 Å². The molecule has 6 nitrogen and oxygen atoms in total.